The van der Waals surface area contributed by atoms with E-state index in [4.69, 9.17) is 10.3 Å². The molecule has 0 bridgehead atoms. The maximum absolute atomic E-state index is 5.73. The molecule has 5 heteroatoms. The van der Waals surface area contributed by atoms with Gasteiger partial charge in [-0.3, -0.25) is 4.57 Å². The monoisotopic (exact) mass is 228 g/mol. The topological polar surface area (TPSA) is 69.9 Å². The average molecular weight is 228 g/mol. The van der Waals surface area contributed by atoms with Crippen LogP contribution in [0.1, 0.15) is 11.5 Å². The van der Waals surface area contributed by atoms with Gasteiger partial charge in [-0.2, -0.15) is 0 Å². The summed E-state index contributed by atoms with van der Waals surface area (Å²) in [5.74, 6) is 0.777. The fourth-order valence-electron chi connectivity index (χ4n) is 2.03. The van der Waals surface area contributed by atoms with Gasteiger partial charge in [-0.05, 0) is 32.0 Å². The van der Waals surface area contributed by atoms with Crippen LogP contribution in [0.2, 0.25) is 0 Å². The van der Waals surface area contributed by atoms with Crippen LogP contribution in [0.5, 0.6) is 0 Å². The number of imidazole rings is 1. The first-order valence-electron chi connectivity index (χ1n) is 5.32. The Balaban J connectivity index is 2.32. The Morgan fingerprint density at radius 2 is 2.12 bits per heavy atom. The summed E-state index contributed by atoms with van der Waals surface area (Å²) in [6, 6.07) is 5.66. The Morgan fingerprint density at radius 3 is 2.82 bits per heavy atom. The molecule has 0 fully saturated rings. The van der Waals surface area contributed by atoms with Gasteiger partial charge in [0, 0.05) is 5.69 Å². The molecule has 0 saturated carbocycles. The van der Waals surface area contributed by atoms with Crippen LogP contribution in [0.25, 0.3) is 16.7 Å². The van der Waals surface area contributed by atoms with Crippen molar-refractivity contribution in [3.05, 3.63) is 36.0 Å². The van der Waals surface area contributed by atoms with Crippen LogP contribution in [0.4, 0.5) is 5.69 Å². The molecule has 2 heterocycles. The summed E-state index contributed by atoms with van der Waals surface area (Å²) in [4.78, 5) is 4.33. The highest BCUT2D eigenvalue weighted by atomic mass is 16.5. The quantitative estimate of drug-likeness (QED) is 0.648. The molecule has 0 atom stereocenters. The van der Waals surface area contributed by atoms with E-state index in [1.807, 2.05) is 36.6 Å². The third-order valence-corrected chi connectivity index (χ3v) is 2.81. The zero-order chi connectivity index (χ0) is 12.0. The standard InChI is InChI=1S/C12H12N4O/c1-7-12(8(2)17-15-7)16-6-14-10-5-9(13)3-4-11(10)16/h3-6H,13H2,1-2H3. The van der Waals surface area contributed by atoms with Gasteiger partial charge in [-0.25, -0.2) is 4.98 Å². The summed E-state index contributed by atoms with van der Waals surface area (Å²) in [6.07, 6.45) is 1.76. The van der Waals surface area contributed by atoms with Crippen molar-refractivity contribution in [3.8, 4) is 5.69 Å². The number of hydrogen-bond donors (Lipinski definition) is 1. The molecular formula is C12H12N4O. The number of benzene rings is 1. The minimum atomic E-state index is 0.710. The van der Waals surface area contributed by atoms with Crippen molar-refractivity contribution < 1.29 is 4.52 Å². The van der Waals surface area contributed by atoms with Crippen molar-refractivity contribution in [1.82, 2.24) is 14.7 Å². The molecule has 0 unspecified atom stereocenters. The molecule has 17 heavy (non-hydrogen) atoms. The number of anilines is 1. The number of aromatic nitrogens is 3. The normalized spacial score (nSPS) is 11.2. The highest BCUT2D eigenvalue weighted by molar-refractivity contribution is 5.80. The highest BCUT2D eigenvalue weighted by Gasteiger charge is 2.13. The van der Waals surface area contributed by atoms with E-state index in [2.05, 4.69) is 10.1 Å². The van der Waals surface area contributed by atoms with E-state index in [1.165, 1.54) is 0 Å². The van der Waals surface area contributed by atoms with Crippen LogP contribution in [-0.4, -0.2) is 14.7 Å². The molecule has 3 rings (SSSR count). The SMILES string of the molecule is Cc1noc(C)c1-n1cnc2cc(N)ccc21. The first kappa shape index (κ1) is 9.89. The van der Waals surface area contributed by atoms with E-state index < -0.39 is 0 Å². The molecule has 86 valence electrons. The lowest BCUT2D eigenvalue weighted by Gasteiger charge is -2.02. The lowest BCUT2D eigenvalue weighted by Crippen LogP contribution is -1.95. The van der Waals surface area contributed by atoms with E-state index in [0.717, 1.165) is 28.2 Å². The second-order valence-corrected chi connectivity index (χ2v) is 4.04. The first-order chi connectivity index (χ1) is 8.16. The molecule has 2 N–H and O–H groups in total. The predicted molar refractivity (Wildman–Crippen MR) is 65.0 cm³/mol. The van der Waals surface area contributed by atoms with Crippen molar-refractivity contribution in [2.24, 2.45) is 0 Å². The molecule has 0 spiro atoms. The lowest BCUT2D eigenvalue weighted by atomic mass is 10.2. The van der Waals surface area contributed by atoms with Gasteiger partial charge >= 0.3 is 0 Å². The number of nitrogens with two attached hydrogens (primary N) is 1. The predicted octanol–water partition coefficient (Wildman–Crippen LogP) is 2.21. The third kappa shape index (κ3) is 1.39. The van der Waals surface area contributed by atoms with E-state index in [1.54, 1.807) is 6.33 Å². The van der Waals surface area contributed by atoms with Gasteiger partial charge in [0.15, 0.2) is 5.76 Å². The second kappa shape index (κ2) is 3.35. The van der Waals surface area contributed by atoms with Crippen LogP contribution in [0.15, 0.2) is 29.0 Å². The summed E-state index contributed by atoms with van der Waals surface area (Å²) < 4.78 is 7.14. The van der Waals surface area contributed by atoms with E-state index >= 15 is 0 Å². The van der Waals surface area contributed by atoms with Gasteiger partial charge in [0.1, 0.15) is 17.7 Å². The molecule has 0 saturated heterocycles. The zero-order valence-corrected chi connectivity index (χ0v) is 9.64. The second-order valence-electron chi connectivity index (χ2n) is 4.04. The maximum Gasteiger partial charge on any atom is 0.157 e. The molecule has 2 aromatic heterocycles. The van der Waals surface area contributed by atoms with Crippen LogP contribution in [0, 0.1) is 13.8 Å². The molecular weight excluding hydrogens is 216 g/mol. The van der Waals surface area contributed by atoms with Crippen molar-refractivity contribution in [1.29, 1.82) is 0 Å². The van der Waals surface area contributed by atoms with E-state index in [0.29, 0.717) is 5.69 Å². The largest absolute Gasteiger partial charge is 0.399 e. The Kier molecular flexibility index (Phi) is 1.95. The van der Waals surface area contributed by atoms with Gasteiger partial charge in [-0.1, -0.05) is 5.16 Å². The maximum atomic E-state index is 5.73. The first-order valence-corrected chi connectivity index (χ1v) is 5.32. The van der Waals surface area contributed by atoms with E-state index in [-0.39, 0.29) is 0 Å². The van der Waals surface area contributed by atoms with Crippen molar-refractivity contribution in [3.63, 3.8) is 0 Å². The Bertz CT molecular complexity index is 676. The molecule has 5 nitrogen and oxygen atoms in total. The minimum Gasteiger partial charge on any atom is -0.399 e. The minimum absolute atomic E-state index is 0.710. The number of fused-ring (bicyclic) bond motifs is 1. The van der Waals surface area contributed by atoms with Crippen molar-refractivity contribution >= 4 is 16.7 Å². The summed E-state index contributed by atoms with van der Waals surface area (Å²) in [5, 5.41) is 3.95. The average Bonchev–Trinajstić information content (AvgIpc) is 2.83. The Hall–Kier alpha value is -2.30. The van der Waals surface area contributed by atoms with E-state index in [9.17, 15) is 0 Å². The number of aryl methyl sites for hydroxylation is 2. The molecule has 3 aromatic rings. The number of hydrogen-bond acceptors (Lipinski definition) is 4. The molecule has 0 aliphatic carbocycles. The lowest BCUT2D eigenvalue weighted by molar-refractivity contribution is 0.393. The third-order valence-electron chi connectivity index (χ3n) is 2.81. The fraction of sp³-hybridized carbons (Fsp3) is 0.167. The summed E-state index contributed by atoms with van der Waals surface area (Å²) >= 11 is 0. The molecule has 0 amide bonds. The van der Waals surface area contributed by atoms with Crippen LogP contribution in [-0.2, 0) is 0 Å². The number of rotatable bonds is 1. The van der Waals surface area contributed by atoms with Crippen LogP contribution >= 0.6 is 0 Å². The summed E-state index contributed by atoms with van der Waals surface area (Å²) in [7, 11) is 0. The smallest absolute Gasteiger partial charge is 0.157 e. The van der Waals surface area contributed by atoms with Gasteiger partial charge < -0.3 is 10.3 Å². The van der Waals surface area contributed by atoms with Gasteiger partial charge in [-0.15, -0.1) is 0 Å². The Morgan fingerprint density at radius 1 is 1.29 bits per heavy atom. The number of nitrogen functional groups attached to an aromatic ring is 1. The van der Waals surface area contributed by atoms with Crippen LogP contribution in [0.3, 0.4) is 0 Å². The highest BCUT2D eigenvalue weighted by Crippen LogP contribution is 2.24. The Labute approximate surface area is 97.8 Å². The van der Waals surface area contributed by atoms with Crippen LogP contribution < -0.4 is 5.73 Å². The zero-order valence-electron chi connectivity index (χ0n) is 9.64. The van der Waals surface area contributed by atoms with Gasteiger partial charge in [0.05, 0.1) is 11.0 Å². The van der Waals surface area contributed by atoms with Gasteiger partial charge in [0.25, 0.3) is 0 Å². The fourth-order valence-corrected chi connectivity index (χ4v) is 2.03. The number of nitrogens with zero attached hydrogens (tertiary/aromatic N) is 3. The summed E-state index contributed by atoms with van der Waals surface area (Å²) in [5.41, 5.74) is 10.1. The molecule has 1 aromatic carbocycles. The molecule has 0 aliphatic heterocycles. The van der Waals surface area contributed by atoms with Crippen molar-refractivity contribution in [2.45, 2.75) is 13.8 Å². The molecule has 0 radical (unpaired) electrons. The van der Waals surface area contributed by atoms with Gasteiger partial charge in [0.2, 0.25) is 0 Å². The summed E-state index contributed by atoms with van der Waals surface area (Å²) in [6.45, 7) is 3.80. The van der Waals surface area contributed by atoms with Crippen molar-refractivity contribution in [2.75, 3.05) is 5.73 Å². The molecule has 0 aliphatic rings.